The molecule has 0 aromatic carbocycles. The number of carboxylic acids is 1. The van der Waals surface area contributed by atoms with E-state index in [-0.39, 0.29) is 17.7 Å². The summed E-state index contributed by atoms with van der Waals surface area (Å²) in [5, 5.41) is 9.13. The van der Waals surface area contributed by atoms with Gasteiger partial charge in [0.05, 0.1) is 17.8 Å². The standard InChI is InChI=1S/C12H16N2O3/c1-8-10(4-6-17-8)14(2)11-3-5-13-7-9(11)12(15)16/h3,5,7-8,10H,4,6H2,1-2H3,(H,15,16). The van der Waals surface area contributed by atoms with E-state index in [9.17, 15) is 4.79 Å². The van der Waals surface area contributed by atoms with E-state index in [4.69, 9.17) is 9.84 Å². The maximum absolute atomic E-state index is 11.1. The summed E-state index contributed by atoms with van der Waals surface area (Å²) < 4.78 is 5.50. The van der Waals surface area contributed by atoms with Crippen LogP contribution in [0.5, 0.6) is 0 Å². The lowest BCUT2D eigenvalue weighted by atomic mass is 10.1. The Kier molecular flexibility index (Phi) is 3.28. The van der Waals surface area contributed by atoms with Gasteiger partial charge in [0.25, 0.3) is 0 Å². The molecule has 0 aliphatic carbocycles. The smallest absolute Gasteiger partial charge is 0.339 e. The molecule has 1 fully saturated rings. The Morgan fingerprint density at radius 3 is 3.00 bits per heavy atom. The zero-order valence-electron chi connectivity index (χ0n) is 9.96. The maximum atomic E-state index is 11.1. The first-order chi connectivity index (χ1) is 8.11. The van der Waals surface area contributed by atoms with Crippen molar-refractivity contribution in [2.75, 3.05) is 18.6 Å². The van der Waals surface area contributed by atoms with Crippen LogP contribution < -0.4 is 4.90 Å². The fraction of sp³-hybridized carbons (Fsp3) is 0.500. The Morgan fingerprint density at radius 1 is 1.65 bits per heavy atom. The third kappa shape index (κ3) is 2.24. The molecule has 1 aliphatic heterocycles. The number of likely N-dealkylation sites (N-methyl/N-ethyl adjacent to an activating group) is 1. The zero-order valence-corrected chi connectivity index (χ0v) is 9.96. The van der Waals surface area contributed by atoms with Gasteiger partial charge in [-0.3, -0.25) is 4.98 Å². The number of anilines is 1. The lowest BCUT2D eigenvalue weighted by Gasteiger charge is -2.29. The first-order valence-electron chi connectivity index (χ1n) is 5.63. The van der Waals surface area contributed by atoms with Crippen LogP contribution in [-0.2, 0) is 4.74 Å². The first kappa shape index (κ1) is 11.9. The molecule has 92 valence electrons. The van der Waals surface area contributed by atoms with E-state index in [1.807, 2.05) is 18.9 Å². The van der Waals surface area contributed by atoms with E-state index in [1.165, 1.54) is 6.20 Å². The van der Waals surface area contributed by atoms with Gasteiger partial charge in [0.15, 0.2) is 0 Å². The second kappa shape index (κ2) is 4.71. The molecule has 2 heterocycles. The predicted molar refractivity (Wildman–Crippen MR) is 63.4 cm³/mol. The lowest BCUT2D eigenvalue weighted by Crippen LogP contribution is -2.37. The van der Waals surface area contributed by atoms with Crippen molar-refractivity contribution in [3.8, 4) is 0 Å². The monoisotopic (exact) mass is 236 g/mol. The highest BCUT2D eigenvalue weighted by Crippen LogP contribution is 2.26. The second-order valence-corrected chi connectivity index (χ2v) is 4.24. The van der Waals surface area contributed by atoms with Crippen molar-refractivity contribution in [2.24, 2.45) is 0 Å². The van der Waals surface area contributed by atoms with Gasteiger partial charge in [0.2, 0.25) is 0 Å². The number of hydrogen-bond donors (Lipinski definition) is 1. The average molecular weight is 236 g/mol. The Balaban J connectivity index is 2.30. The highest BCUT2D eigenvalue weighted by atomic mass is 16.5. The summed E-state index contributed by atoms with van der Waals surface area (Å²) in [5.74, 6) is -0.952. The molecule has 5 heteroatoms. The van der Waals surface area contributed by atoms with E-state index in [2.05, 4.69) is 4.98 Å². The van der Waals surface area contributed by atoms with Crippen molar-refractivity contribution in [1.29, 1.82) is 0 Å². The van der Waals surface area contributed by atoms with Crippen LogP contribution in [0, 0.1) is 0 Å². The van der Waals surface area contributed by atoms with E-state index in [0.717, 1.165) is 13.0 Å². The molecule has 5 nitrogen and oxygen atoms in total. The Labute approximate surface area is 100 Å². The Hall–Kier alpha value is -1.62. The summed E-state index contributed by atoms with van der Waals surface area (Å²) in [6, 6.07) is 1.95. The molecule has 1 aromatic rings. The van der Waals surface area contributed by atoms with Gasteiger partial charge in [-0.15, -0.1) is 0 Å². The van der Waals surface area contributed by atoms with Gasteiger partial charge in [-0.2, -0.15) is 0 Å². The van der Waals surface area contributed by atoms with Crippen LogP contribution in [-0.4, -0.2) is 41.9 Å². The maximum Gasteiger partial charge on any atom is 0.339 e. The van der Waals surface area contributed by atoms with Crippen molar-refractivity contribution >= 4 is 11.7 Å². The Bertz CT molecular complexity index is 422. The fourth-order valence-electron chi connectivity index (χ4n) is 2.27. The minimum Gasteiger partial charge on any atom is -0.478 e. The van der Waals surface area contributed by atoms with Crippen LogP contribution in [0.4, 0.5) is 5.69 Å². The highest BCUT2D eigenvalue weighted by molar-refractivity contribution is 5.94. The molecule has 1 N–H and O–H groups in total. The molecule has 0 amide bonds. The van der Waals surface area contributed by atoms with Crippen LogP contribution in [0.2, 0.25) is 0 Å². The summed E-state index contributed by atoms with van der Waals surface area (Å²) in [6.45, 7) is 2.74. The average Bonchev–Trinajstić information content (AvgIpc) is 2.74. The number of aromatic nitrogens is 1. The lowest BCUT2D eigenvalue weighted by molar-refractivity contribution is 0.0696. The molecule has 2 atom stereocenters. The van der Waals surface area contributed by atoms with Crippen molar-refractivity contribution in [2.45, 2.75) is 25.5 Å². The zero-order chi connectivity index (χ0) is 12.4. The normalized spacial score (nSPS) is 23.6. The van der Waals surface area contributed by atoms with E-state index in [1.54, 1.807) is 12.3 Å². The van der Waals surface area contributed by atoms with E-state index >= 15 is 0 Å². The summed E-state index contributed by atoms with van der Waals surface area (Å²) >= 11 is 0. The quantitative estimate of drug-likeness (QED) is 0.859. The molecule has 2 unspecified atom stereocenters. The van der Waals surface area contributed by atoms with E-state index < -0.39 is 5.97 Å². The Morgan fingerprint density at radius 2 is 2.41 bits per heavy atom. The minimum atomic E-state index is -0.952. The third-order valence-corrected chi connectivity index (χ3v) is 3.24. The van der Waals surface area contributed by atoms with Gasteiger partial charge in [0, 0.05) is 26.0 Å². The molecule has 0 saturated carbocycles. The van der Waals surface area contributed by atoms with Crippen LogP contribution >= 0.6 is 0 Å². The molecule has 0 radical (unpaired) electrons. The van der Waals surface area contributed by atoms with Gasteiger partial charge >= 0.3 is 5.97 Å². The largest absolute Gasteiger partial charge is 0.478 e. The first-order valence-corrected chi connectivity index (χ1v) is 5.63. The number of aromatic carboxylic acids is 1. The third-order valence-electron chi connectivity index (χ3n) is 3.24. The molecular weight excluding hydrogens is 220 g/mol. The van der Waals surface area contributed by atoms with Crippen molar-refractivity contribution < 1.29 is 14.6 Å². The number of carbonyl (C=O) groups is 1. The fourth-order valence-corrected chi connectivity index (χ4v) is 2.27. The number of ether oxygens (including phenoxy) is 1. The predicted octanol–water partition coefficient (Wildman–Crippen LogP) is 1.39. The van der Waals surface area contributed by atoms with Crippen LogP contribution in [0.3, 0.4) is 0 Å². The number of rotatable bonds is 3. The molecule has 17 heavy (non-hydrogen) atoms. The minimum absolute atomic E-state index is 0.120. The second-order valence-electron chi connectivity index (χ2n) is 4.24. The van der Waals surface area contributed by atoms with Gasteiger partial charge in [0.1, 0.15) is 5.56 Å². The van der Waals surface area contributed by atoms with Crippen molar-refractivity contribution in [3.63, 3.8) is 0 Å². The van der Waals surface area contributed by atoms with Crippen LogP contribution in [0.1, 0.15) is 23.7 Å². The number of nitrogens with zero attached hydrogens (tertiary/aromatic N) is 2. The summed E-state index contributed by atoms with van der Waals surface area (Å²) in [4.78, 5) is 17.0. The molecular formula is C12H16N2O3. The number of carboxylic acid groups (broad SMARTS) is 1. The topological polar surface area (TPSA) is 62.7 Å². The summed E-state index contributed by atoms with van der Waals surface area (Å²) in [6.07, 6.45) is 4.03. The van der Waals surface area contributed by atoms with Gasteiger partial charge in [-0.05, 0) is 19.4 Å². The van der Waals surface area contributed by atoms with Crippen LogP contribution in [0.25, 0.3) is 0 Å². The SMILES string of the molecule is CC1OCCC1N(C)c1ccncc1C(=O)O. The van der Waals surface area contributed by atoms with Gasteiger partial charge in [-0.25, -0.2) is 4.79 Å². The van der Waals surface area contributed by atoms with E-state index in [0.29, 0.717) is 5.69 Å². The summed E-state index contributed by atoms with van der Waals surface area (Å²) in [7, 11) is 1.90. The van der Waals surface area contributed by atoms with Crippen molar-refractivity contribution in [3.05, 3.63) is 24.0 Å². The molecule has 2 rings (SSSR count). The molecule has 1 saturated heterocycles. The molecule has 1 aliphatic rings. The molecule has 0 spiro atoms. The molecule has 0 bridgehead atoms. The van der Waals surface area contributed by atoms with Crippen molar-refractivity contribution in [1.82, 2.24) is 4.98 Å². The highest BCUT2D eigenvalue weighted by Gasteiger charge is 2.29. The summed E-state index contributed by atoms with van der Waals surface area (Å²) in [5.41, 5.74) is 0.920. The number of pyridine rings is 1. The molecule has 1 aromatic heterocycles. The van der Waals surface area contributed by atoms with Crippen LogP contribution in [0.15, 0.2) is 18.5 Å². The van der Waals surface area contributed by atoms with Gasteiger partial charge in [-0.1, -0.05) is 0 Å². The van der Waals surface area contributed by atoms with Gasteiger partial charge < -0.3 is 14.7 Å². The number of hydrogen-bond acceptors (Lipinski definition) is 4.